The first-order valence-corrected chi connectivity index (χ1v) is 4.91. The van der Waals surface area contributed by atoms with E-state index in [1.807, 2.05) is 5.54 Å². The fraction of sp³-hybridized carbons (Fsp3) is 1.00. The lowest BCUT2D eigenvalue weighted by atomic mass is 10.1. The molecule has 1 saturated heterocycles. The van der Waals surface area contributed by atoms with E-state index < -0.39 is 0 Å². The monoisotopic (exact) mass is 174 g/mol. The maximum Gasteiger partial charge on any atom is 0.0328 e. The molecule has 0 atom stereocenters. The Kier molecular flexibility index (Phi) is 2.33. The van der Waals surface area contributed by atoms with Gasteiger partial charge in [0.1, 0.15) is 0 Å². The van der Waals surface area contributed by atoms with E-state index in [1.165, 1.54) is 38.8 Å². The van der Waals surface area contributed by atoms with Gasteiger partial charge in [0.05, 0.1) is 0 Å². The molecule has 0 spiro atoms. The molecule has 0 aromatic carbocycles. The van der Waals surface area contributed by atoms with Gasteiger partial charge in [0.2, 0.25) is 0 Å². The van der Waals surface area contributed by atoms with Crippen LogP contribution in [0.25, 0.3) is 0 Å². The lowest BCUT2D eigenvalue weighted by molar-refractivity contribution is 0.217. The van der Waals surface area contributed by atoms with Crippen LogP contribution in [0.15, 0.2) is 0 Å². The van der Waals surface area contributed by atoms with Gasteiger partial charge in [0, 0.05) is 14.5 Å². The van der Waals surface area contributed by atoms with Crippen LogP contribution in [0, 0.1) is 5.41 Å². The van der Waals surface area contributed by atoms with Crippen molar-refractivity contribution in [2.24, 2.45) is 5.41 Å². The number of rotatable bonds is 4. The molecule has 0 aromatic rings. The Labute approximate surface area is 74.5 Å². The van der Waals surface area contributed by atoms with Crippen LogP contribution in [0.4, 0.5) is 4.48 Å². The molecular formula is C9H19FN2. The second kappa shape index (κ2) is 3.30. The number of likely N-dealkylation sites (tertiary alicyclic amines) is 1. The van der Waals surface area contributed by atoms with Crippen LogP contribution in [0.1, 0.15) is 27.1 Å². The molecule has 1 saturated carbocycles. The average molecular weight is 174 g/mol. The predicted octanol–water partition coefficient (Wildman–Crippen LogP) is 1.58. The van der Waals surface area contributed by atoms with Crippen molar-refractivity contribution in [3.8, 4) is 0 Å². The minimum atomic E-state index is 0. The fourth-order valence-corrected chi connectivity index (χ4v) is 2.12. The van der Waals surface area contributed by atoms with Crippen molar-refractivity contribution in [1.82, 2.24) is 10.4 Å². The molecule has 0 radical (unpaired) electrons. The summed E-state index contributed by atoms with van der Waals surface area (Å²) in [6, 6.07) is 0. The highest BCUT2D eigenvalue weighted by molar-refractivity contribution is 4.97. The fourth-order valence-electron chi connectivity index (χ4n) is 2.12. The molecule has 1 heterocycles. The van der Waals surface area contributed by atoms with Gasteiger partial charge in [0.15, 0.2) is 0 Å². The maximum atomic E-state index is 11.9. The molecule has 1 N–H and O–H groups in total. The predicted molar refractivity (Wildman–Crippen MR) is 48.6 cm³/mol. The number of nitrogens with zero attached hydrogens (tertiary/aromatic N) is 1. The van der Waals surface area contributed by atoms with Crippen molar-refractivity contribution >= 4 is 0 Å². The quantitative estimate of drug-likeness (QED) is 0.651. The zero-order valence-corrected chi connectivity index (χ0v) is 7.48. The first-order valence-electron chi connectivity index (χ1n) is 4.91. The highest BCUT2D eigenvalue weighted by Crippen LogP contribution is 2.46. The summed E-state index contributed by atoms with van der Waals surface area (Å²) in [5.74, 6) is 0. The molecular weight excluding hydrogens is 155 g/mol. The third-order valence-electron chi connectivity index (χ3n) is 3.16. The van der Waals surface area contributed by atoms with Gasteiger partial charge in [-0.15, -0.1) is 4.48 Å². The molecule has 3 heteroatoms. The van der Waals surface area contributed by atoms with Crippen LogP contribution in [-0.4, -0.2) is 31.1 Å². The highest BCUT2D eigenvalue weighted by atomic mass is 19.2. The standard InChI is InChI=1S/C9H17FN2.H2/c10-11-7-9(3-4-9)8-12-5-1-2-6-12;/h11H,1-8H2;1H. The Bertz CT molecular complexity index is 156. The third kappa shape index (κ3) is 1.77. The first-order chi connectivity index (χ1) is 5.85. The van der Waals surface area contributed by atoms with Gasteiger partial charge in [-0.05, 0) is 44.2 Å². The topological polar surface area (TPSA) is 15.3 Å². The van der Waals surface area contributed by atoms with Crippen molar-refractivity contribution in [1.29, 1.82) is 0 Å². The van der Waals surface area contributed by atoms with Gasteiger partial charge in [-0.3, -0.25) is 0 Å². The van der Waals surface area contributed by atoms with Gasteiger partial charge in [-0.1, -0.05) is 0 Å². The van der Waals surface area contributed by atoms with E-state index in [9.17, 15) is 4.48 Å². The molecule has 1 aliphatic heterocycles. The van der Waals surface area contributed by atoms with Crippen molar-refractivity contribution < 1.29 is 5.91 Å². The van der Waals surface area contributed by atoms with Crippen molar-refractivity contribution in [2.75, 3.05) is 26.2 Å². The van der Waals surface area contributed by atoms with Gasteiger partial charge < -0.3 is 4.90 Å². The Hall–Kier alpha value is -0.150. The van der Waals surface area contributed by atoms with E-state index in [-0.39, 0.29) is 1.43 Å². The molecule has 2 rings (SSSR count). The molecule has 0 bridgehead atoms. The third-order valence-corrected chi connectivity index (χ3v) is 3.16. The smallest absolute Gasteiger partial charge is 0.0328 e. The normalized spacial score (nSPS) is 27.8. The first kappa shape index (κ1) is 8.45. The summed E-state index contributed by atoms with van der Waals surface area (Å²) in [4.78, 5) is 2.48. The van der Waals surface area contributed by atoms with Gasteiger partial charge >= 0.3 is 0 Å². The molecule has 1 aliphatic carbocycles. The van der Waals surface area contributed by atoms with Crippen molar-refractivity contribution in [3.63, 3.8) is 0 Å². The molecule has 0 unspecified atom stereocenters. The summed E-state index contributed by atoms with van der Waals surface area (Å²) < 4.78 is 11.9. The largest absolute Gasteiger partial charge is 0.303 e. The van der Waals surface area contributed by atoms with Crippen LogP contribution < -0.4 is 5.54 Å². The Morgan fingerprint density at radius 1 is 1.33 bits per heavy atom. The zero-order chi connectivity index (χ0) is 8.44. The number of nitrogens with one attached hydrogen (secondary N) is 1. The van der Waals surface area contributed by atoms with E-state index in [1.54, 1.807) is 0 Å². The maximum absolute atomic E-state index is 11.9. The minimum absolute atomic E-state index is 0. The van der Waals surface area contributed by atoms with Crippen LogP contribution >= 0.6 is 0 Å². The summed E-state index contributed by atoms with van der Waals surface area (Å²) in [6.07, 6.45) is 5.08. The lowest BCUT2D eigenvalue weighted by Gasteiger charge is -2.21. The van der Waals surface area contributed by atoms with Crippen LogP contribution in [0.2, 0.25) is 0 Å². The molecule has 12 heavy (non-hydrogen) atoms. The molecule has 2 fully saturated rings. The average Bonchev–Trinajstić information content (AvgIpc) is 2.63. The molecule has 2 nitrogen and oxygen atoms in total. The van der Waals surface area contributed by atoms with E-state index in [4.69, 9.17) is 0 Å². The minimum Gasteiger partial charge on any atom is -0.303 e. The summed E-state index contributed by atoms with van der Waals surface area (Å²) in [7, 11) is 0. The molecule has 2 aliphatic rings. The number of halogens is 1. The molecule has 72 valence electrons. The summed E-state index contributed by atoms with van der Waals surface area (Å²) in [5.41, 5.74) is 2.12. The van der Waals surface area contributed by atoms with Crippen LogP contribution in [0.5, 0.6) is 0 Å². The molecule has 0 aromatic heterocycles. The highest BCUT2D eigenvalue weighted by Gasteiger charge is 2.43. The van der Waals surface area contributed by atoms with Gasteiger partial charge in [-0.25, -0.2) is 0 Å². The van der Waals surface area contributed by atoms with Gasteiger partial charge in [0.25, 0.3) is 0 Å². The number of hydrogen-bond donors (Lipinski definition) is 1. The summed E-state index contributed by atoms with van der Waals surface area (Å²) >= 11 is 0. The van der Waals surface area contributed by atoms with E-state index >= 15 is 0 Å². The number of hydrogen-bond acceptors (Lipinski definition) is 2. The Balaban J connectivity index is 0.000000845. The summed E-state index contributed by atoms with van der Waals surface area (Å²) in [5, 5.41) is 0. The van der Waals surface area contributed by atoms with Gasteiger partial charge in [-0.2, -0.15) is 5.54 Å². The zero-order valence-electron chi connectivity index (χ0n) is 7.48. The second-order valence-corrected chi connectivity index (χ2v) is 4.29. The summed E-state index contributed by atoms with van der Waals surface area (Å²) in [6.45, 7) is 4.13. The van der Waals surface area contributed by atoms with Crippen molar-refractivity contribution in [3.05, 3.63) is 0 Å². The lowest BCUT2D eigenvalue weighted by Crippen LogP contribution is -2.32. The SMILES string of the molecule is FNCC1(CN2CCCC2)CC1.[HH]. The second-order valence-electron chi connectivity index (χ2n) is 4.29. The Morgan fingerprint density at radius 3 is 2.50 bits per heavy atom. The van der Waals surface area contributed by atoms with Crippen LogP contribution in [-0.2, 0) is 0 Å². The van der Waals surface area contributed by atoms with E-state index in [0.29, 0.717) is 12.0 Å². The molecule has 0 amide bonds. The van der Waals surface area contributed by atoms with Crippen LogP contribution in [0.3, 0.4) is 0 Å². The van der Waals surface area contributed by atoms with E-state index in [0.717, 1.165) is 6.54 Å². The van der Waals surface area contributed by atoms with Crippen molar-refractivity contribution in [2.45, 2.75) is 25.7 Å². The Morgan fingerprint density at radius 2 is 2.00 bits per heavy atom. The van der Waals surface area contributed by atoms with E-state index in [2.05, 4.69) is 4.90 Å².